The third-order valence-corrected chi connectivity index (χ3v) is 2.77. The summed E-state index contributed by atoms with van der Waals surface area (Å²) in [6.45, 7) is 4.14. The molecule has 0 N–H and O–H groups in total. The second-order valence-electron chi connectivity index (χ2n) is 4.20. The molecule has 1 fully saturated rings. The van der Waals surface area contributed by atoms with Crippen molar-refractivity contribution < 1.29 is 14.2 Å². The van der Waals surface area contributed by atoms with Gasteiger partial charge >= 0.3 is 0 Å². The van der Waals surface area contributed by atoms with Crippen molar-refractivity contribution in [2.75, 3.05) is 7.11 Å². The highest BCUT2D eigenvalue weighted by atomic mass is 16.7. The summed E-state index contributed by atoms with van der Waals surface area (Å²) in [5.41, 5.74) is 0.961. The zero-order chi connectivity index (χ0) is 11.5. The standard InChI is InChI=1S/C13H18O3/c1-9-8-10(2)16-13(15-9)11-6-4-5-7-12(11)14-3/h4-7,9-10,13H,8H2,1-3H3/t9-,10-/m1/s1. The predicted octanol–water partition coefficient (Wildman–Crippen LogP) is 2.91. The summed E-state index contributed by atoms with van der Waals surface area (Å²) < 4.78 is 16.9. The van der Waals surface area contributed by atoms with Gasteiger partial charge in [-0.15, -0.1) is 0 Å². The van der Waals surface area contributed by atoms with Crippen molar-refractivity contribution in [3.63, 3.8) is 0 Å². The highest BCUT2D eigenvalue weighted by Crippen LogP contribution is 2.34. The molecule has 3 heteroatoms. The molecular weight excluding hydrogens is 204 g/mol. The molecule has 1 aliphatic heterocycles. The largest absolute Gasteiger partial charge is 0.496 e. The van der Waals surface area contributed by atoms with Crippen molar-refractivity contribution in [3.8, 4) is 5.75 Å². The number of para-hydroxylation sites is 1. The minimum atomic E-state index is -0.310. The Balaban J connectivity index is 2.22. The molecule has 16 heavy (non-hydrogen) atoms. The van der Waals surface area contributed by atoms with E-state index in [-0.39, 0.29) is 18.5 Å². The van der Waals surface area contributed by atoms with Gasteiger partial charge in [-0.25, -0.2) is 0 Å². The Labute approximate surface area is 96.3 Å². The molecule has 0 radical (unpaired) electrons. The number of rotatable bonds is 2. The van der Waals surface area contributed by atoms with Crippen LogP contribution in [0.1, 0.15) is 32.1 Å². The van der Waals surface area contributed by atoms with Crippen LogP contribution in [-0.2, 0) is 9.47 Å². The van der Waals surface area contributed by atoms with Crippen molar-refractivity contribution in [2.24, 2.45) is 0 Å². The fraction of sp³-hybridized carbons (Fsp3) is 0.538. The topological polar surface area (TPSA) is 27.7 Å². The van der Waals surface area contributed by atoms with Gasteiger partial charge in [0.1, 0.15) is 5.75 Å². The Morgan fingerprint density at radius 2 is 1.75 bits per heavy atom. The van der Waals surface area contributed by atoms with Gasteiger partial charge in [0.2, 0.25) is 0 Å². The summed E-state index contributed by atoms with van der Waals surface area (Å²) in [7, 11) is 1.66. The van der Waals surface area contributed by atoms with Gasteiger partial charge in [0, 0.05) is 5.56 Å². The van der Waals surface area contributed by atoms with Crippen LogP contribution in [0.25, 0.3) is 0 Å². The number of benzene rings is 1. The zero-order valence-electron chi connectivity index (χ0n) is 9.97. The van der Waals surface area contributed by atoms with Gasteiger partial charge in [0.05, 0.1) is 19.3 Å². The van der Waals surface area contributed by atoms with E-state index in [9.17, 15) is 0 Å². The van der Waals surface area contributed by atoms with E-state index < -0.39 is 0 Å². The first-order valence-corrected chi connectivity index (χ1v) is 5.64. The summed E-state index contributed by atoms with van der Waals surface area (Å²) in [5.74, 6) is 0.814. The summed E-state index contributed by atoms with van der Waals surface area (Å²) >= 11 is 0. The second kappa shape index (κ2) is 4.85. The molecule has 0 spiro atoms. The van der Waals surface area contributed by atoms with Crippen LogP contribution in [0.3, 0.4) is 0 Å². The molecule has 1 aromatic rings. The Bertz CT molecular complexity index is 341. The molecule has 0 unspecified atom stereocenters. The minimum absolute atomic E-state index is 0.221. The molecule has 1 aliphatic rings. The number of hydrogen-bond donors (Lipinski definition) is 0. The van der Waals surface area contributed by atoms with E-state index >= 15 is 0 Å². The lowest BCUT2D eigenvalue weighted by atomic mass is 10.1. The third-order valence-electron chi connectivity index (χ3n) is 2.77. The van der Waals surface area contributed by atoms with E-state index in [1.54, 1.807) is 7.11 Å². The van der Waals surface area contributed by atoms with E-state index in [1.165, 1.54) is 0 Å². The fourth-order valence-corrected chi connectivity index (χ4v) is 2.04. The molecule has 0 aliphatic carbocycles. The van der Waals surface area contributed by atoms with Gasteiger partial charge in [-0.05, 0) is 26.3 Å². The molecule has 1 aromatic carbocycles. The lowest BCUT2D eigenvalue weighted by Crippen LogP contribution is -2.30. The van der Waals surface area contributed by atoms with Crippen molar-refractivity contribution in [2.45, 2.75) is 38.8 Å². The van der Waals surface area contributed by atoms with Crippen molar-refractivity contribution >= 4 is 0 Å². The Morgan fingerprint density at radius 1 is 1.12 bits per heavy atom. The monoisotopic (exact) mass is 222 g/mol. The maximum absolute atomic E-state index is 5.78. The van der Waals surface area contributed by atoms with Crippen LogP contribution in [0.4, 0.5) is 0 Å². The van der Waals surface area contributed by atoms with E-state index in [0.717, 1.165) is 17.7 Å². The molecule has 1 heterocycles. The van der Waals surface area contributed by atoms with Crippen molar-refractivity contribution in [3.05, 3.63) is 29.8 Å². The first-order valence-electron chi connectivity index (χ1n) is 5.64. The van der Waals surface area contributed by atoms with Crippen LogP contribution in [0.5, 0.6) is 5.75 Å². The molecule has 0 bridgehead atoms. The average molecular weight is 222 g/mol. The summed E-state index contributed by atoms with van der Waals surface area (Å²) in [6, 6.07) is 7.81. The van der Waals surface area contributed by atoms with Crippen LogP contribution in [0.15, 0.2) is 24.3 Å². The summed E-state index contributed by atoms with van der Waals surface area (Å²) in [4.78, 5) is 0. The summed E-state index contributed by atoms with van der Waals surface area (Å²) in [6.07, 6.45) is 1.07. The van der Waals surface area contributed by atoms with Crippen LogP contribution >= 0.6 is 0 Å². The molecule has 88 valence electrons. The van der Waals surface area contributed by atoms with Crippen molar-refractivity contribution in [1.29, 1.82) is 0 Å². The highest BCUT2D eigenvalue weighted by molar-refractivity contribution is 5.34. The zero-order valence-corrected chi connectivity index (χ0v) is 9.97. The molecule has 2 atom stereocenters. The molecule has 2 rings (SSSR count). The molecular formula is C13H18O3. The molecule has 3 nitrogen and oxygen atoms in total. The second-order valence-corrected chi connectivity index (χ2v) is 4.20. The maximum Gasteiger partial charge on any atom is 0.187 e. The smallest absolute Gasteiger partial charge is 0.187 e. The van der Waals surface area contributed by atoms with Gasteiger partial charge in [0.15, 0.2) is 6.29 Å². The van der Waals surface area contributed by atoms with E-state index in [0.29, 0.717) is 0 Å². The van der Waals surface area contributed by atoms with Gasteiger partial charge in [0.25, 0.3) is 0 Å². The normalized spacial score (nSPS) is 30.1. The van der Waals surface area contributed by atoms with Crippen LogP contribution in [0.2, 0.25) is 0 Å². The Kier molecular flexibility index (Phi) is 3.46. The lowest BCUT2D eigenvalue weighted by molar-refractivity contribution is -0.239. The SMILES string of the molecule is COc1ccccc1C1O[C@H](C)C[C@@H](C)O1. The molecule has 0 amide bonds. The molecule has 0 saturated carbocycles. The van der Waals surface area contributed by atoms with Crippen LogP contribution in [0, 0.1) is 0 Å². The van der Waals surface area contributed by atoms with Gasteiger partial charge in [-0.3, -0.25) is 0 Å². The highest BCUT2D eigenvalue weighted by Gasteiger charge is 2.27. The Morgan fingerprint density at radius 3 is 2.38 bits per heavy atom. The maximum atomic E-state index is 5.78. The number of methoxy groups -OCH3 is 1. The number of hydrogen-bond acceptors (Lipinski definition) is 3. The van der Waals surface area contributed by atoms with Gasteiger partial charge < -0.3 is 14.2 Å². The number of ether oxygens (including phenoxy) is 3. The van der Waals surface area contributed by atoms with E-state index in [1.807, 2.05) is 24.3 Å². The van der Waals surface area contributed by atoms with Gasteiger partial charge in [-0.1, -0.05) is 18.2 Å². The molecule has 0 aromatic heterocycles. The Hall–Kier alpha value is -1.06. The summed E-state index contributed by atoms with van der Waals surface area (Å²) in [5, 5.41) is 0. The predicted molar refractivity (Wildman–Crippen MR) is 61.4 cm³/mol. The van der Waals surface area contributed by atoms with Crippen LogP contribution < -0.4 is 4.74 Å². The van der Waals surface area contributed by atoms with Crippen LogP contribution in [-0.4, -0.2) is 19.3 Å². The van der Waals surface area contributed by atoms with Gasteiger partial charge in [-0.2, -0.15) is 0 Å². The lowest BCUT2D eigenvalue weighted by Gasteiger charge is -2.33. The first-order chi connectivity index (χ1) is 7.70. The van der Waals surface area contributed by atoms with E-state index in [4.69, 9.17) is 14.2 Å². The average Bonchev–Trinajstić information content (AvgIpc) is 2.27. The first kappa shape index (κ1) is 11.4. The third kappa shape index (κ3) is 2.36. The quantitative estimate of drug-likeness (QED) is 0.770. The van der Waals surface area contributed by atoms with E-state index in [2.05, 4.69) is 13.8 Å². The minimum Gasteiger partial charge on any atom is -0.496 e. The fourth-order valence-electron chi connectivity index (χ4n) is 2.04. The van der Waals surface area contributed by atoms with Crippen molar-refractivity contribution in [1.82, 2.24) is 0 Å². The molecule has 1 saturated heterocycles.